The third-order valence-electron chi connectivity index (χ3n) is 7.90. The summed E-state index contributed by atoms with van der Waals surface area (Å²) in [4.78, 5) is 68.7. The zero-order valence-electron chi connectivity index (χ0n) is 26.6. The van der Waals surface area contributed by atoms with Crippen LogP contribution in [-0.4, -0.2) is 91.4 Å². The number of hydrogen-bond donors (Lipinski definition) is 5. The van der Waals surface area contributed by atoms with Crippen LogP contribution in [0.1, 0.15) is 59.4 Å². The maximum atomic E-state index is 13.6. The molecule has 2 heterocycles. The molecule has 1 aromatic carbocycles. The van der Waals surface area contributed by atoms with Gasteiger partial charge < -0.3 is 36.2 Å². The van der Waals surface area contributed by atoms with Gasteiger partial charge in [0, 0.05) is 19.0 Å². The third kappa shape index (κ3) is 10.7. The van der Waals surface area contributed by atoms with Crippen LogP contribution in [0, 0.1) is 11.8 Å². The molecule has 0 spiro atoms. The predicted molar refractivity (Wildman–Crippen MR) is 169 cm³/mol. The van der Waals surface area contributed by atoms with Crippen LogP contribution in [0.25, 0.3) is 0 Å². The molecule has 1 aromatic rings. The van der Waals surface area contributed by atoms with E-state index in [-0.39, 0.29) is 49.7 Å². The van der Waals surface area contributed by atoms with Crippen molar-refractivity contribution in [1.29, 1.82) is 0 Å². The Balaban J connectivity index is 0.00000675. The maximum absolute atomic E-state index is 13.6. The normalized spacial score (nSPS) is 25.6. The van der Waals surface area contributed by atoms with Crippen LogP contribution in [0.3, 0.4) is 0 Å². The van der Waals surface area contributed by atoms with E-state index in [0.29, 0.717) is 25.1 Å². The summed E-state index contributed by atoms with van der Waals surface area (Å²) >= 11 is 0. The molecule has 246 valence electrons. The van der Waals surface area contributed by atoms with Crippen molar-refractivity contribution in [3.63, 3.8) is 0 Å². The van der Waals surface area contributed by atoms with Crippen LogP contribution in [0.15, 0.2) is 24.3 Å². The van der Waals surface area contributed by atoms with Crippen molar-refractivity contribution in [2.45, 2.75) is 90.5 Å². The zero-order chi connectivity index (χ0) is 31.7. The number of nitrogens with one attached hydrogen (secondary N) is 5. The number of rotatable bonds is 7. The number of ether oxygens (including phenoxy) is 1. The molecular weight excluding hydrogens is 588 g/mol. The Morgan fingerprint density at radius 2 is 1.59 bits per heavy atom. The van der Waals surface area contributed by atoms with E-state index < -0.39 is 53.8 Å². The predicted octanol–water partition coefficient (Wildman–Crippen LogP) is 0.915. The molecule has 12 nitrogen and oxygen atoms in total. The van der Waals surface area contributed by atoms with Crippen molar-refractivity contribution in [2.75, 3.05) is 26.7 Å². The third-order valence-corrected chi connectivity index (χ3v) is 7.90. The summed E-state index contributed by atoms with van der Waals surface area (Å²) in [7, 11) is 1.56. The van der Waals surface area contributed by atoms with Gasteiger partial charge in [-0.1, -0.05) is 39.8 Å². The average molecular weight is 637 g/mol. The molecule has 2 saturated heterocycles. The van der Waals surface area contributed by atoms with E-state index in [1.54, 1.807) is 38.3 Å². The molecule has 2 aliphatic rings. The molecule has 0 bridgehead atoms. The summed E-state index contributed by atoms with van der Waals surface area (Å²) < 4.78 is 5.22. The molecule has 5 atom stereocenters. The van der Waals surface area contributed by atoms with Crippen LogP contribution in [0.4, 0.5) is 0 Å². The van der Waals surface area contributed by atoms with Crippen LogP contribution in [0.2, 0.25) is 0 Å². The maximum Gasteiger partial charge on any atom is 0.243 e. The summed E-state index contributed by atoms with van der Waals surface area (Å²) in [6.07, 6.45) is 2.00. The topological polar surface area (TPSA) is 158 Å². The van der Waals surface area contributed by atoms with Crippen LogP contribution in [-0.2, 0) is 30.4 Å². The molecule has 2 fully saturated rings. The number of nitrogens with zero attached hydrogens (tertiary/aromatic N) is 1. The smallest absolute Gasteiger partial charge is 0.243 e. The summed E-state index contributed by atoms with van der Waals surface area (Å²) in [5.41, 5.74) is 0.773. The molecule has 2 aliphatic heterocycles. The van der Waals surface area contributed by atoms with Gasteiger partial charge in [0.2, 0.25) is 29.5 Å². The Kier molecular flexibility index (Phi) is 14.4. The number of benzene rings is 1. The highest BCUT2D eigenvalue weighted by Gasteiger charge is 2.34. The van der Waals surface area contributed by atoms with Gasteiger partial charge in [0.1, 0.15) is 23.9 Å². The van der Waals surface area contributed by atoms with Gasteiger partial charge in [-0.2, -0.15) is 0 Å². The Bertz CT molecular complexity index is 1140. The Morgan fingerprint density at radius 1 is 0.932 bits per heavy atom. The van der Waals surface area contributed by atoms with Gasteiger partial charge in [-0.15, -0.1) is 12.4 Å². The lowest BCUT2D eigenvalue weighted by atomic mass is 10.0. The van der Waals surface area contributed by atoms with Gasteiger partial charge in [0.15, 0.2) is 0 Å². The summed E-state index contributed by atoms with van der Waals surface area (Å²) in [5.74, 6) is -1.54. The highest BCUT2D eigenvalue weighted by atomic mass is 35.5. The molecule has 13 heteroatoms. The second kappa shape index (κ2) is 17.2. The highest BCUT2D eigenvalue weighted by Crippen LogP contribution is 2.15. The van der Waals surface area contributed by atoms with Gasteiger partial charge in [0.25, 0.3) is 0 Å². The van der Waals surface area contributed by atoms with Crippen LogP contribution < -0.4 is 31.3 Å². The van der Waals surface area contributed by atoms with Crippen molar-refractivity contribution in [3.8, 4) is 5.75 Å². The molecule has 0 aromatic heterocycles. The van der Waals surface area contributed by atoms with Gasteiger partial charge >= 0.3 is 0 Å². The van der Waals surface area contributed by atoms with Crippen molar-refractivity contribution in [1.82, 2.24) is 31.5 Å². The summed E-state index contributed by atoms with van der Waals surface area (Å²) in [6, 6.07) is 3.38. The SMILES string of the molecule is COc1ccc(C[C@@H]2NC(=O)[C@H](CC(C)C)NC(=O)CN(C(=O)[C@@H]3CCCN3)C[C@H](C(C)C)NC(=O)[C@@H](C)NC2=O)cc1.Cl. The molecule has 0 aliphatic carbocycles. The minimum absolute atomic E-state index is 0. The number of hydrogen-bond acceptors (Lipinski definition) is 7. The van der Waals surface area contributed by atoms with Gasteiger partial charge in [-0.25, -0.2) is 0 Å². The fourth-order valence-electron chi connectivity index (χ4n) is 5.29. The number of carbonyl (C=O) groups is 5. The number of carbonyl (C=O) groups excluding carboxylic acids is 5. The van der Waals surface area contributed by atoms with Crippen LogP contribution >= 0.6 is 12.4 Å². The first-order chi connectivity index (χ1) is 20.4. The first kappa shape index (κ1) is 36.8. The van der Waals surface area contributed by atoms with E-state index in [9.17, 15) is 24.0 Å². The zero-order valence-corrected chi connectivity index (χ0v) is 27.4. The van der Waals surface area contributed by atoms with E-state index in [2.05, 4.69) is 26.6 Å². The molecule has 5 N–H and O–H groups in total. The van der Waals surface area contributed by atoms with Crippen molar-refractivity contribution < 1.29 is 28.7 Å². The standard InChI is InChI=1S/C31H48N6O6.ClH/c1-18(2)14-24-30(41)35-25(15-21-9-11-22(43-6)12-10-21)29(40)33-20(5)28(39)36-26(19(3)4)16-37(17-27(38)34-24)31(42)23-8-7-13-32-23;/h9-12,18-20,23-26,32H,7-8,13-17H2,1-6H3,(H,33,40)(H,34,38)(H,35,41)(H,36,39);1H/t20-,23+,24+,25+,26-;/m1./s1. The minimum Gasteiger partial charge on any atom is -0.497 e. The Hall–Kier alpha value is -3.38. The summed E-state index contributed by atoms with van der Waals surface area (Å²) in [5, 5.41) is 14.5. The van der Waals surface area contributed by atoms with E-state index in [1.165, 1.54) is 4.90 Å². The minimum atomic E-state index is -1.01. The van der Waals surface area contributed by atoms with E-state index >= 15 is 0 Å². The average Bonchev–Trinajstić information content (AvgIpc) is 3.49. The largest absolute Gasteiger partial charge is 0.497 e. The first-order valence-electron chi connectivity index (χ1n) is 15.2. The number of amides is 5. The monoisotopic (exact) mass is 636 g/mol. The molecule has 0 radical (unpaired) electrons. The van der Waals surface area contributed by atoms with Crippen LogP contribution in [0.5, 0.6) is 5.75 Å². The molecule has 0 saturated carbocycles. The molecule has 5 amide bonds. The molecule has 0 unspecified atom stereocenters. The molecule has 3 rings (SSSR count). The lowest BCUT2D eigenvalue weighted by molar-refractivity contribution is -0.139. The first-order valence-corrected chi connectivity index (χ1v) is 15.2. The Labute approximate surface area is 266 Å². The highest BCUT2D eigenvalue weighted by molar-refractivity contribution is 5.95. The van der Waals surface area contributed by atoms with Gasteiger partial charge in [0.05, 0.1) is 19.7 Å². The van der Waals surface area contributed by atoms with E-state index in [0.717, 1.165) is 12.0 Å². The lowest BCUT2D eigenvalue weighted by Crippen LogP contribution is -2.57. The lowest BCUT2D eigenvalue weighted by Gasteiger charge is -2.32. The second-order valence-electron chi connectivity index (χ2n) is 12.3. The fourth-order valence-corrected chi connectivity index (χ4v) is 5.29. The molecular formula is C31H49ClN6O6. The van der Waals surface area contributed by atoms with Gasteiger partial charge in [-0.05, 0) is 62.3 Å². The van der Waals surface area contributed by atoms with Crippen molar-refractivity contribution in [2.24, 2.45) is 11.8 Å². The van der Waals surface area contributed by atoms with E-state index in [1.807, 2.05) is 27.7 Å². The fraction of sp³-hybridized carbons (Fsp3) is 0.645. The van der Waals surface area contributed by atoms with E-state index in [4.69, 9.17) is 4.74 Å². The second-order valence-corrected chi connectivity index (χ2v) is 12.3. The van der Waals surface area contributed by atoms with Gasteiger partial charge in [-0.3, -0.25) is 24.0 Å². The quantitative estimate of drug-likeness (QED) is 0.298. The molecule has 44 heavy (non-hydrogen) atoms. The summed E-state index contributed by atoms with van der Waals surface area (Å²) in [6.45, 7) is 9.85. The number of methoxy groups -OCH3 is 1. The number of halogens is 1. The van der Waals surface area contributed by atoms with Crippen molar-refractivity contribution in [3.05, 3.63) is 29.8 Å². The Morgan fingerprint density at radius 3 is 2.16 bits per heavy atom. The van der Waals surface area contributed by atoms with Crippen molar-refractivity contribution >= 4 is 41.9 Å².